The van der Waals surface area contributed by atoms with Crippen LogP contribution in [0, 0.1) is 19.8 Å². The summed E-state index contributed by atoms with van der Waals surface area (Å²) in [5.74, 6) is -0.348. The summed E-state index contributed by atoms with van der Waals surface area (Å²) in [5, 5.41) is 9.19. The molecule has 2 amide bonds. The molecule has 2 unspecified atom stereocenters. The predicted octanol–water partition coefficient (Wildman–Crippen LogP) is 3.10. The number of rotatable bonds is 5. The van der Waals surface area contributed by atoms with E-state index in [2.05, 4.69) is 34.1 Å². The van der Waals surface area contributed by atoms with E-state index < -0.39 is 6.04 Å². The van der Waals surface area contributed by atoms with Gasteiger partial charge in [-0.05, 0) is 60.6 Å². The van der Waals surface area contributed by atoms with E-state index in [-0.39, 0.29) is 23.8 Å². The van der Waals surface area contributed by atoms with Crippen molar-refractivity contribution in [2.45, 2.75) is 52.7 Å². The monoisotopic (exact) mass is 379 g/mol. The first-order chi connectivity index (χ1) is 13.3. The molecule has 3 N–H and O–H groups in total. The molecule has 0 aliphatic carbocycles. The number of carbonyl (C=O) groups is 2. The highest BCUT2D eigenvalue weighted by Gasteiger charge is 2.29. The third-order valence-electron chi connectivity index (χ3n) is 5.13. The molecule has 2 atom stereocenters. The van der Waals surface area contributed by atoms with Crippen molar-refractivity contribution in [3.63, 3.8) is 0 Å². The number of anilines is 1. The van der Waals surface area contributed by atoms with Gasteiger partial charge in [-0.15, -0.1) is 0 Å². The van der Waals surface area contributed by atoms with Crippen molar-refractivity contribution < 1.29 is 9.59 Å². The fourth-order valence-electron chi connectivity index (χ4n) is 3.70. The zero-order valence-electron chi connectivity index (χ0n) is 17.0. The van der Waals surface area contributed by atoms with E-state index in [0.29, 0.717) is 13.0 Å². The minimum atomic E-state index is -0.590. The van der Waals surface area contributed by atoms with Gasteiger partial charge in [0.2, 0.25) is 11.8 Å². The zero-order chi connectivity index (χ0) is 20.3. The number of amides is 2. The van der Waals surface area contributed by atoms with Gasteiger partial charge in [0.05, 0.1) is 6.04 Å². The van der Waals surface area contributed by atoms with Crippen LogP contribution < -0.4 is 16.0 Å². The van der Waals surface area contributed by atoms with Gasteiger partial charge in [-0.3, -0.25) is 9.59 Å². The maximum Gasteiger partial charge on any atom is 0.247 e. The lowest BCUT2D eigenvalue weighted by Crippen LogP contribution is -2.54. The Morgan fingerprint density at radius 3 is 2.32 bits per heavy atom. The first-order valence-electron chi connectivity index (χ1n) is 9.83. The fraction of sp³-hybridized carbons (Fsp3) is 0.391. The van der Waals surface area contributed by atoms with E-state index in [4.69, 9.17) is 0 Å². The highest BCUT2D eigenvalue weighted by atomic mass is 16.2. The number of hydrogen-bond acceptors (Lipinski definition) is 3. The maximum atomic E-state index is 12.8. The van der Waals surface area contributed by atoms with Crippen LogP contribution >= 0.6 is 0 Å². The second-order valence-corrected chi connectivity index (χ2v) is 8.00. The number of benzene rings is 2. The van der Waals surface area contributed by atoms with Crippen LogP contribution in [0.5, 0.6) is 0 Å². The number of carbonyl (C=O) groups excluding carboxylic acids is 2. The smallest absolute Gasteiger partial charge is 0.247 e. The Balaban J connectivity index is 1.67. The molecular formula is C23H29N3O2. The lowest BCUT2D eigenvalue weighted by atomic mass is 9.94. The second kappa shape index (κ2) is 8.57. The summed E-state index contributed by atoms with van der Waals surface area (Å²) in [6.07, 6.45) is 0.630. The van der Waals surface area contributed by atoms with E-state index in [1.807, 2.05) is 52.0 Å². The van der Waals surface area contributed by atoms with E-state index in [1.165, 1.54) is 11.1 Å². The first-order valence-corrected chi connectivity index (χ1v) is 9.83. The first kappa shape index (κ1) is 20.1. The Bertz CT molecular complexity index is 856. The summed E-state index contributed by atoms with van der Waals surface area (Å²) in [4.78, 5) is 25.7. The Morgan fingerprint density at radius 2 is 1.68 bits per heavy atom. The molecule has 0 aromatic heterocycles. The standard InChI is InChI=1S/C23H29N3O2/c1-14(2)21(23(28)25-19-10-15(3)9-16(4)11-19)26-22(27)20-12-17-7-5-6-8-18(17)13-24-20/h5-11,14,20-21,24H,12-13H2,1-4H3,(H,25,28)(H,26,27). The second-order valence-electron chi connectivity index (χ2n) is 8.00. The van der Waals surface area contributed by atoms with Gasteiger partial charge in [0.25, 0.3) is 0 Å². The minimum Gasteiger partial charge on any atom is -0.343 e. The molecule has 0 spiro atoms. The number of hydrogen-bond donors (Lipinski definition) is 3. The summed E-state index contributed by atoms with van der Waals surface area (Å²) in [7, 11) is 0. The Morgan fingerprint density at radius 1 is 1.04 bits per heavy atom. The average molecular weight is 380 g/mol. The van der Waals surface area contributed by atoms with Crippen LogP contribution in [0.2, 0.25) is 0 Å². The Kier molecular flexibility index (Phi) is 6.15. The molecule has 5 heteroatoms. The van der Waals surface area contributed by atoms with Crippen molar-refractivity contribution in [1.29, 1.82) is 0 Å². The van der Waals surface area contributed by atoms with Crippen LogP contribution in [0.3, 0.4) is 0 Å². The lowest BCUT2D eigenvalue weighted by molar-refractivity contribution is -0.128. The molecule has 0 radical (unpaired) electrons. The van der Waals surface area contributed by atoms with E-state index in [0.717, 1.165) is 16.8 Å². The highest BCUT2D eigenvalue weighted by molar-refractivity contribution is 5.98. The molecule has 2 aromatic carbocycles. The molecule has 28 heavy (non-hydrogen) atoms. The summed E-state index contributed by atoms with van der Waals surface area (Å²) >= 11 is 0. The van der Waals surface area contributed by atoms with Crippen LogP contribution in [0.25, 0.3) is 0 Å². The average Bonchev–Trinajstić information content (AvgIpc) is 2.64. The Hall–Kier alpha value is -2.66. The van der Waals surface area contributed by atoms with Crippen molar-refractivity contribution in [2.75, 3.05) is 5.32 Å². The molecule has 2 aromatic rings. The normalized spacial score (nSPS) is 17.0. The molecule has 3 rings (SSSR count). The highest BCUT2D eigenvalue weighted by Crippen LogP contribution is 2.18. The summed E-state index contributed by atoms with van der Waals surface area (Å²) in [6, 6.07) is 13.1. The van der Waals surface area contributed by atoms with Crippen LogP contribution in [0.1, 0.15) is 36.1 Å². The maximum absolute atomic E-state index is 12.8. The number of aryl methyl sites for hydroxylation is 2. The number of nitrogens with one attached hydrogen (secondary N) is 3. The molecular weight excluding hydrogens is 350 g/mol. The van der Waals surface area contributed by atoms with Gasteiger partial charge in [0.1, 0.15) is 6.04 Å². The summed E-state index contributed by atoms with van der Waals surface area (Å²) in [6.45, 7) is 8.54. The zero-order valence-corrected chi connectivity index (χ0v) is 17.0. The summed E-state index contributed by atoms with van der Waals surface area (Å²) < 4.78 is 0. The van der Waals surface area contributed by atoms with Gasteiger partial charge in [-0.25, -0.2) is 0 Å². The molecule has 0 saturated heterocycles. The molecule has 0 saturated carbocycles. The molecule has 5 nitrogen and oxygen atoms in total. The molecule has 0 fully saturated rings. The van der Waals surface area contributed by atoms with Gasteiger partial charge in [0.15, 0.2) is 0 Å². The molecule has 0 bridgehead atoms. The third-order valence-corrected chi connectivity index (χ3v) is 5.13. The predicted molar refractivity (Wildman–Crippen MR) is 112 cm³/mol. The SMILES string of the molecule is Cc1cc(C)cc(NC(=O)C(NC(=O)C2Cc3ccccc3CN2)C(C)C)c1. The summed E-state index contributed by atoms with van der Waals surface area (Å²) in [5.41, 5.74) is 5.34. The largest absolute Gasteiger partial charge is 0.343 e. The molecule has 1 aliphatic rings. The fourth-order valence-corrected chi connectivity index (χ4v) is 3.70. The third kappa shape index (κ3) is 4.78. The van der Waals surface area contributed by atoms with Crippen LogP contribution in [0.15, 0.2) is 42.5 Å². The van der Waals surface area contributed by atoms with Crippen molar-refractivity contribution in [3.05, 3.63) is 64.7 Å². The molecule has 148 valence electrons. The van der Waals surface area contributed by atoms with Gasteiger partial charge in [0, 0.05) is 12.2 Å². The Labute approximate surface area is 166 Å². The minimum absolute atomic E-state index is 0.0225. The molecule has 1 aliphatic heterocycles. The van der Waals surface area contributed by atoms with Gasteiger partial charge >= 0.3 is 0 Å². The van der Waals surface area contributed by atoms with Crippen molar-refractivity contribution >= 4 is 17.5 Å². The number of fused-ring (bicyclic) bond motifs is 1. The van der Waals surface area contributed by atoms with Gasteiger partial charge < -0.3 is 16.0 Å². The van der Waals surface area contributed by atoms with E-state index >= 15 is 0 Å². The van der Waals surface area contributed by atoms with Crippen LogP contribution in [0.4, 0.5) is 5.69 Å². The van der Waals surface area contributed by atoms with E-state index in [1.54, 1.807) is 0 Å². The van der Waals surface area contributed by atoms with Crippen molar-refractivity contribution in [2.24, 2.45) is 5.92 Å². The quantitative estimate of drug-likeness (QED) is 0.748. The van der Waals surface area contributed by atoms with Gasteiger partial charge in [-0.2, -0.15) is 0 Å². The van der Waals surface area contributed by atoms with E-state index in [9.17, 15) is 9.59 Å². The van der Waals surface area contributed by atoms with Gasteiger partial charge in [-0.1, -0.05) is 44.2 Å². The van der Waals surface area contributed by atoms with Crippen LogP contribution in [-0.2, 0) is 22.6 Å². The topological polar surface area (TPSA) is 70.2 Å². The van der Waals surface area contributed by atoms with Crippen LogP contribution in [-0.4, -0.2) is 23.9 Å². The lowest BCUT2D eigenvalue weighted by Gasteiger charge is -2.28. The van der Waals surface area contributed by atoms with Crippen molar-refractivity contribution in [1.82, 2.24) is 10.6 Å². The molecule has 1 heterocycles. The van der Waals surface area contributed by atoms with Crippen molar-refractivity contribution in [3.8, 4) is 0 Å².